The molecule has 0 bridgehead atoms. The number of hydrogen-bond acceptors (Lipinski definition) is 12. The van der Waals surface area contributed by atoms with Gasteiger partial charge in [-0.3, -0.25) is 4.79 Å². The van der Waals surface area contributed by atoms with Gasteiger partial charge in [0.15, 0.2) is 11.5 Å². The summed E-state index contributed by atoms with van der Waals surface area (Å²) in [5.41, 5.74) is 6.50. The molecule has 0 heterocycles. The molecule has 0 fully saturated rings. The zero-order valence-electron chi connectivity index (χ0n) is 23.6. The van der Waals surface area contributed by atoms with Crippen LogP contribution in [0.5, 0.6) is 11.5 Å². The van der Waals surface area contributed by atoms with E-state index in [2.05, 4.69) is 0 Å². The fraction of sp³-hybridized carbons (Fsp3) is 0.630. The van der Waals surface area contributed by atoms with Crippen LogP contribution in [0.2, 0.25) is 0 Å². The number of hydrogen-bond donors (Lipinski definition) is 1. The first-order valence-corrected chi connectivity index (χ1v) is 13.1. The zero-order chi connectivity index (χ0) is 29.4. The maximum Gasteiger partial charge on any atom is 0.514 e. The van der Waals surface area contributed by atoms with Crippen molar-refractivity contribution in [3.63, 3.8) is 0 Å². The van der Waals surface area contributed by atoms with Crippen LogP contribution >= 0.6 is 0 Å². The summed E-state index contributed by atoms with van der Waals surface area (Å²) in [6.07, 6.45) is -1.59. The van der Waals surface area contributed by atoms with Gasteiger partial charge < -0.3 is 38.9 Å². The molecule has 4 atom stereocenters. The summed E-state index contributed by atoms with van der Waals surface area (Å²) in [5.74, 6) is -0.937. The Kier molecular flexibility index (Phi) is 15.3. The molecule has 0 aliphatic rings. The summed E-state index contributed by atoms with van der Waals surface area (Å²) >= 11 is 0. The van der Waals surface area contributed by atoms with Crippen molar-refractivity contribution in [2.24, 2.45) is 5.73 Å². The lowest BCUT2D eigenvalue weighted by Crippen LogP contribution is -2.37. The maximum atomic E-state index is 12.5. The standard InChI is InChI=1S/C27H41NO11/c1-7-10-13-33-25(30)34-16-19(6)35-24(29)21(28)14-20-11-12-22(38-26(31)36-17(4)8-2)23(15-20)39-27(32)37-18(5)9-3/h11-12,15,17-19,21H,7-10,13-14,16,28H2,1-6H3/t17-,18?,19?,21-/m0/s1. The van der Waals surface area contributed by atoms with Gasteiger partial charge in [-0.2, -0.15) is 0 Å². The van der Waals surface area contributed by atoms with Crippen molar-refractivity contribution in [3.05, 3.63) is 23.8 Å². The summed E-state index contributed by atoms with van der Waals surface area (Å²) < 4.78 is 35.8. The second-order valence-electron chi connectivity index (χ2n) is 8.98. The molecule has 1 rings (SSSR count). The third-order valence-corrected chi connectivity index (χ3v) is 5.37. The summed E-state index contributed by atoms with van der Waals surface area (Å²) in [6, 6.07) is 3.24. The Hall–Kier alpha value is -3.54. The van der Waals surface area contributed by atoms with Crippen molar-refractivity contribution >= 4 is 24.4 Å². The van der Waals surface area contributed by atoms with Crippen molar-refractivity contribution in [2.75, 3.05) is 13.2 Å². The predicted molar refractivity (Wildman–Crippen MR) is 140 cm³/mol. The van der Waals surface area contributed by atoms with E-state index < -0.39 is 42.7 Å². The molecule has 0 amide bonds. The van der Waals surface area contributed by atoms with Crippen LogP contribution in [-0.4, -0.2) is 62.0 Å². The van der Waals surface area contributed by atoms with Crippen LogP contribution in [0.1, 0.15) is 72.8 Å². The second-order valence-corrected chi connectivity index (χ2v) is 8.98. The van der Waals surface area contributed by atoms with Crippen molar-refractivity contribution in [1.82, 2.24) is 0 Å². The molecular weight excluding hydrogens is 514 g/mol. The van der Waals surface area contributed by atoms with Gasteiger partial charge >= 0.3 is 24.4 Å². The van der Waals surface area contributed by atoms with Gasteiger partial charge in [-0.1, -0.05) is 33.3 Å². The van der Waals surface area contributed by atoms with E-state index in [9.17, 15) is 19.2 Å². The Bertz CT molecular complexity index is 936. The monoisotopic (exact) mass is 555 g/mol. The fourth-order valence-corrected chi connectivity index (χ4v) is 2.75. The van der Waals surface area contributed by atoms with Crippen LogP contribution in [-0.2, 0) is 34.9 Å². The highest BCUT2D eigenvalue weighted by atomic mass is 16.8. The normalized spacial score (nSPS) is 13.7. The van der Waals surface area contributed by atoms with Gasteiger partial charge in [0.1, 0.15) is 31.0 Å². The van der Waals surface area contributed by atoms with Crippen LogP contribution in [0.3, 0.4) is 0 Å². The molecule has 0 radical (unpaired) electrons. The number of unbranched alkanes of at least 4 members (excludes halogenated alkanes) is 1. The van der Waals surface area contributed by atoms with E-state index in [0.717, 1.165) is 12.8 Å². The average molecular weight is 556 g/mol. The van der Waals surface area contributed by atoms with Crippen LogP contribution < -0.4 is 15.2 Å². The summed E-state index contributed by atoms with van der Waals surface area (Å²) in [6.45, 7) is 10.6. The Morgan fingerprint density at radius 2 is 1.36 bits per heavy atom. The number of rotatable bonds is 15. The quantitative estimate of drug-likeness (QED) is 0.133. The van der Waals surface area contributed by atoms with Gasteiger partial charge in [-0.25, -0.2) is 14.4 Å². The van der Waals surface area contributed by atoms with Gasteiger partial charge in [-0.05, 0) is 64.2 Å². The third-order valence-electron chi connectivity index (χ3n) is 5.37. The molecule has 0 aliphatic heterocycles. The Labute approximate surface area is 229 Å². The van der Waals surface area contributed by atoms with Crippen molar-refractivity contribution < 1.29 is 52.3 Å². The van der Waals surface area contributed by atoms with E-state index in [1.165, 1.54) is 12.1 Å². The van der Waals surface area contributed by atoms with E-state index in [4.69, 9.17) is 38.9 Å². The maximum absolute atomic E-state index is 12.5. The molecule has 12 heteroatoms. The molecular formula is C27H41NO11. The van der Waals surface area contributed by atoms with Crippen molar-refractivity contribution in [2.45, 2.75) is 98.0 Å². The van der Waals surface area contributed by atoms with Crippen molar-refractivity contribution in [3.8, 4) is 11.5 Å². The summed E-state index contributed by atoms with van der Waals surface area (Å²) in [4.78, 5) is 48.4. The molecule has 0 saturated carbocycles. The molecule has 2 unspecified atom stereocenters. The van der Waals surface area contributed by atoms with E-state index in [-0.39, 0.29) is 37.2 Å². The lowest BCUT2D eigenvalue weighted by Gasteiger charge is -2.18. The van der Waals surface area contributed by atoms with Crippen LogP contribution in [0.25, 0.3) is 0 Å². The lowest BCUT2D eigenvalue weighted by molar-refractivity contribution is -0.152. The van der Waals surface area contributed by atoms with Gasteiger partial charge in [-0.15, -0.1) is 0 Å². The van der Waals surface area contributed by atoms with Gasteiger partial charge in [0, 0.05) is 0 Å². The smallest absolute Gasteiger partial charge is 0.458 e. The number of ether oxygens (including phenoxy) is 7. The first-order valence-electron chi connectivity index (χ1n) is 13.1. The number of esters is 1. The summed E-state index contributed by atoms with van der Waals surface area (Å²) in [7, 11) is 0. The highest BCUT2D eigenvalue weighted by Crippen LogP contribution is 2.30. The van der Waals surface area contributed by atoms with E-state index in [1.807, 2.05) is 20.8 Å². The largest absolute Gasteiger partial charge is 0.514 e. The van der Waals surface area contributed by atoms with E-state index in [1.54, 1.807) is 26.8 Å². The second kappa shape index (κ2) is 17.9. The molecule has 12 nitrogen and oxygen atoms in total. The molecule has 0 spiro atoms. The summed E-state index contributed by atoms with van der Waals surface area (Å²) in [5, 5.41) is 0. The topological polar surface area (TPSA) is 159 Å². The molecule has 0 aliphatic carbocycles. The van der Waals surface area contributed by atoms with Crippen LogP contribution in [0.15, 0.2) is 18.2 Å². The number of benzene rings is 1. The minimum Gasteiger partial charge on any atom is -0.458 e. The van der Waals surface area contributed by atoms with E-state index >= 15 is 0 Å². The average Bonchev–Trinajstić information content (AvgIpc) is 2.88. The minimum atomic E-state index is -1.09. The van der Waals surface area contributed by atoms with Gasteiger partial charge in [0.05, 0.1) is 6.61 Å². The molecule has 39 heavy (non-hydrogen) atoms. The van der Waals surface area contributed by atoms with Crippen LogP contribution in [0.4, 0.5) is 14.4 Å². The highest BCUT2D eigenvalue weighted by Gasteiger charge is 2.23. The molecule has 1 aromatic rings. The van der Waals surface area contributed by atoms with Gasteiger partial charge in [0.25, 0.3) is 0 Å². The highest BCUT2D eigenvalue weighted by molar-refractivity contribution is 5.76. The number of carbonyl (C=O) groups is 4. The molecule has 2 N–H and O–H groups in total. The minimum absolute atomic E-state index is 0.000163. The van der Waals surface area contributed by atoms with Crippen LogP contribution in [0, 0.1) is 0 Å². The Morgan fingerprint density at radius 1 is 0.769 bits per heavy atom. The Morgan fingerprint density at radius 3 is 1.92 bits per heavy atom. The molecule has 0 aromatic heterocycles. The first-order chi connectivity index (χ1) is 18.5. The number of carbonyl (C=O) groups excluding carboxylic acids is 4. The number of nitrogens with two attached hydrogens (primary N) is 1. The van der Waals surface area contributed by atoms with Gasteiger partial charge in [0.2, 0.25) is 0 Å². The third kappa shape index (κ3) is 13.7. The fourth-order valence-electron chi connectivity index (χ4n) is 2.75. The lowest BCUT2D eigenvalue weighted by atomic mass is 10.1. The predicted octanol–water partition coefficient (Wildman–Crippen LogP) is 5.07. The zero-order valence-corrected chi connectivity index (χ0v) is 23.6. The molecule has 1 aromatic carbocycles. The Balaban J connectivity index is 2.84. The first kappa shape index (κ1) is 33.5. The SMILES string of the molecule is CCCCOC(=O)OCC(C)OC(=O)[C@@H](N)Cc1ccc(OC(=O)O[C@@H](C)CC)c(OC(=O)OC(C)CC)c1. The molecule has 0 saturated heterocycles. The van der Waals surface area contributed by atoms with E-state index in [0.29, 0.717) is 18.4 Å². The van der Waals surface area contributed by atoms with Crippen molar-refractivity contribution in [1.29, 1.82) is 0 Å². The molecule has 220 valence electrons.